The van der Waals surface area contributed by atoms with Crippen LogP contribution in [0.3, 0.4) is 0 Å². The van der Waals surface area contributed by atoms with Gasteiger partial charge in [0.15, 0.2) is 0 Å². The van der Waals surface area contributed by atoms with Gasteiger partial charge in [-0.3, -0.25) is 15.1 Å². The van der Waals surface area contributed by atoms with Crippen molar-refractivity contribution in [2.75, 3.05) is 6.54 Å². The van der Waals surface area contributed by atoms with Crippen LogP contribution in [-0.4, -0.2) is 38.2 Å². The van der Waals surface area contributed by atoms with Crippen LogP contribution in [0.25, 0.3) is 0 Å². The first-order valence-corrected chi connectivity index (χ1v) is 5.31. The highest BCUT2D eigenvalue weighted by Crippen LogP contribution is 2.13. The highest BCUT2D eigenvalue weighted by Gasteiger charge is 2.22. The van der Waals surface area contributed by atoms with Gasteiger partial charge in [0.25, 0.3) is 0 Å². The van der Waals surface area contributed by atoms with Gasteiger partial charge in [0, 0.05) is 25.6 Å². The zero-order valence-electron chi connectivity index (χ0n) is 9.26. The minimum Gasteiger partial charge on any atom is -0.315 e. The first-order chi connectivity index (χ1) is 7.70. The number of carbonyl (C=O) groups excluding carboxylic acids is 1. The molecule has 0 aromatic carbocycles. The second-order valence-corrected chi connectivity index (χ2v) is 4.03. The molecule has 1 atom stereocenters. The number of rotatable bonds is 3. The number of amides is 1. The summed E-state index contributed by atoms with van der Waals surface area (Å²) in [5.74, 6) is 5.88. The topological polar surface area (TPSA) is 89.1 Å². The van der Waals surface area contributed by atoms with Gasteiger partial charge in [-0.2, -0.15) is 0 Å². The van der Waals surface area contributed by atoms with Crippen molar-refractivity contribution in [3.05, 3.63) is 12.2 Å². The Labute approximate surface area is 93.6 Å². The van der Waals surface area contributed by atoms with Gasteiger partial charge >= 0.3 is 0 Å². The molecule has 0 fully saturated rings. The third-order valence-corrected chi connectivity index (χ3v) is 2.93. The van der Waals surface area contributed by atoms with Crippen LogP contribution >= 0.6 is 0 Å². The van der Waals surface area contributed by atoms with Gasteiger partial charge in [-0.05, 0) is 6.92 Å². The van der Waals surface area contributed by atoms with Gasteiger partial charge in [-0.25, -0.2) is 5.84 Å². The molecule has 0 saturated carbocycles. The maximum absolute atomic E-state index is 11.2. The van der Waals surface area contributed by atoms with Gasteiger partial charge in [0.05, 0.1) is 6.54 Å². The van der Waals surface area contributed by atoms with Crippen LogP contribution in [0, 0.1) is 0 Å². The minimum absolute atomic E-state index is 0.139. The standard InChI is InChI=1S/C9H16N6O/c1-7(4-9(16)12-10)14-2-3-15-6-11-13-8(15)5-14/h6-7H,2-5,10H2,1H3,(H,12,16). The third-order valence-electron chi connectivity index (χ3n) is 2.93. The summed E-state index contributed by atoms with van der Waals surface area (Å²) in [7, 11) is 0. The summed E-state index contributed by atoms with van der Waals surface area (Å²) in [5, 5.41) is 7.90. The molecular weight excluding hydrogens is 208 g/mol. The summed E-state index contributed by atoms with van der Waals surface area (Å²) >= 11 is 0. The SMILES string of the molecule is CC(CC(=O)NN)N1CCn2cnnc2C1. The number of hydrazine groups is 1. The molecule has 1 amide bonds. The fraction of sp³-hybridized carbons (Fsp3) is 0.667. The summed E-state index contributed by atoms with van der Waals surface area (Å²) < 4.78 is 2.03. The van der Waals surface area contributed by atoms with Crippen LogP contribution in [0.1, 0.15) is 19.2 Å². The normalized spacial score (nSPS) is 17.9. The zero-order chi connectivity index (χ0) is 11.5. The molecule has 7 heteroatoms. The van der Waals surface area contributed by atoms with Gasteiger partial charge < -0.3 is 4.57 Å². The Morgan fingerprint density at radius 1 is 1.69 bits per heavy atom. The molecule has 0 spiro atoms. The largest absolute Gasteiger partial charge is 0.315 e. The van der Waals surface area contributed by atoms with E-state index in [1.54, 1.807) is 6.33 Å². The van der Waals surface area contributed by atoms with Crippen molar-refractivity contribution >= 4 is 5.91 Å². The predicted molar refractivity (Wildman–Crippen MR) is 56.8 cm³/mol. The van der Waals surface area contributed by atoms with E-state index in [4.69, 9.17) is 5.84 Å². The van der Waals surface area contributed by atoms with Crippen LogP contribution in [-0.2, 0) is 17.9 Å². The molecule has 16 heavy (non-hydrogen) atoms. The maximum Gasteiger partial charge on any atom is 0.235 e. The first kappa shape index (κ1) is 11.0. The number of fused-ring (bicyclic) bond motifs is 1. The molecular formula is C9H16N6O. The summed E-state index contributed by atoms with van der Waals surface area (Å²) in [6.45, 7) is 4.53. The third kappa shape index (κ3) is 2.20. The lowest BCUT2D eigenvalue weighted by atomic mass is 10.1. The molecule has 0 radical (unpaired) electrons. The number of hydrogen-bond donors (Lipinski definition) is 2. The maximum atomic E-state index is 11.2. The van der Waals surface area contributed by atoms with E-state index in [1.165, 1.54) is 0 Å². The lowest BCUT2D eigenvalue weighted by Crippen LogP contribution is -2.43. The smallest absolute Gasteiger partial charge is 0.235 e. The molecule has 0 bridgehead atoms. The van der Waals surface area contributed by atoms with Gasteiger partial charge in [-0.15, -0.1) is 10.2 Å². The lowest BCUT2D eigenvalue weighted by Gasteiger charge is -2.31. The Kier molecular flexibility index (Phi) is 3.16. The Balaban J connectivity index is 1.95. The summed E-state index contributed by atoms with van der Waals surface area (Å²) in [5.41, 5.74) is 2.15. The molecule has 3 N–H and O–H groups in total. The van der Waals surface area contributed by atoms with Gasteiger partial charge in [0.2, 0.25) is 5.91 Å². The number of nitrogens with one attached hydrogen (secondary N) is 1. The summed E-state index contributed by atoms with van der Waals surface area (Å²) in [4.78, 5) is 13.4. The van der Waals surface area contributed by atoms with Crippen molar-refractivity contribution in [2.45, 2.75) is 32.5 Å². The molecule has 0 saturated heterocycles. The quantitative estimate of drug-likeness (QED) is 0.385. The van der Waals surface area contributed by atoms with Crippen molar-refractivity contribution in [2.24, 2.45) is 5.84 Å². The first-order valence-electron chi connectivity index (χ1n) is 5.31. The minimum atomic E-state index is -0.139. The van der Waals surface area contributed by atoms with Crippen molar-refractivity contribution < 1.29 is 4.79 Å². The van der Waals surface area contributed by atoms with Crippen molar-refractivity contribution in [1.82, 2.24) is 25.1 Å². The van der Waals surface area contributed by atoms with E-state index < -0.39 is 0 Å². The second kappa shape index (κ2) is 4.58. The van der Waals surface area contributed by atoms with E-state index in [0.717, 1.165) is 25.5 Å². The Morgan fingerprint density at radius 3 is 3.25 bits per heavy atom. The predicted octanol–water partition coefficient (Wildman–Crippen LogP) is -1.14. The zero-order valence-corrected chi connectivity index (χ0v) is 9.26. The molecule has 7 nitrogen and oxygen atoms in total. The molecule has 1 aliphatic rings. The number of hydrogen-bond acceptors (Lipinski definition) is 5. The average Bonchev–Trinajstić information content (AvgIpc) is 2.75. The van der Waals surface area contributed by atoms with Gasteiger partial charge in [-0.1, -0.05) is 0 Å². The molecule has 2 rings (SSSR count). The van der Waals surface area contributed by atoms with Crippen molar-refractivity contribution in [1.29, 1.82) is 0 Å². The molecule has 1 aromatic heterocycles. The highest BCUT2D eigenvalue weighted by molar-refractivity contribution is 5.75. The van der Waals surface area contributed by atoms with Crippen LogP contribution in [0.2, 0.25) is 0 Å². The van der Waals surface area contributed by atoms with Crippen molar-refractivity contribution in [3.63, 3.8) is 0 Å². The van der Waals surface area contributed by atoms with Crippen LogP contribution < -0.4 is 11.3 Å². The molecule has 0 aliphatic carbocycles. The highest BCUT2D eigenvalue weighted by atomic mass is 16.2. The number of nitrogens with two attached hydrogens (primary N) is 1. The van der Waals surface area contributed by atoms with Crippen molar-refractivity contribution in [3.8, 4) is 0 Å². The fourth-order valence-corrected chi connectivity index (χ4v) is 1.92. The average molecular weight is 224 g/mol. The lowest BCUT2D eigenvalue weighted by molar-refractivity contribution is -0.122. The van der Waals surface area contributed by atoms with Gasteiger partial charge in [0.1, 0.15) is 12.2 Å². The fourth-order valence-electron chi connectivity index (χ4n) is 1.92. The van der Waals surface area contributed by atoms with E-state index >= 15 is 0 Å². The Bertz CT molecular complexity index is 376. The van der Waals surface area contributed by atoms with Crippen LogP contribution in [0.4, 0.5) is 0 Å². The van der Waals surface area contributed by atoms with Crippen LogP contribution in [0.5, 0.6) is 0 Å². The number of nitrogens with zero attached hydrogens (tertiary/aromatic N) is 4. The molecule has 88 valence electrons. The summed E-state index contributed by atoms with van der Waals surface area (Å²) in [6, 6.07) is 0.161. The van der Waals surface area contributed by atoms with E-state index in [0.29, 0.717) is 6.42 Å². The Hall–Kier alpha value is -1.47. The van der Waals surface area contributed by atoms with E-state index in [-0.39, 0.29) is 11.9 Å². The number of carbonyl (C=O) groups is 1. The monoisotopic (exact) mass is 224 g/mol. The van der Waals surface area contributed by atoms with Crippen LogP contribution in [0.15, 0.2) is 6.33 Å². The summed E-state index contributed by atoms with van der Waals surface area (Å²) in [6.07, 6.45) is 2.15. The second-order valence-electron chi connectivity index (χ2n) is 4.03. The molecule has 1 aliphatic heterocycles. The van der Waals surface area contributed by atoms with E-state index in [1.807, 2.05) is 11.5 Å². The van der Waals surface area contributed by atoms with E-state index in [2.05, 4.69) is 20.5 Å². The molecule has 1 aromatic rings. The molecule has 2 heterocycles. The molecule has 1 unspecified atom stereocenters. The Morgan fingerprint density at radius 2 is 2.50 bits per heavy atom. The number of aromatic nitrogens is 3. The van der Waals surface area contributed by atoms with E-state index in [9.17, 15) is 4.79 Å².